The highest BCUT2D eigenvalue weighted by Crippen LogP contribution is 2.35. The number of amides is 3. The number of carbonyl (C=O) groups is 3. The van der Waals surface area contributed by atoms with E-state index in [0.717, 1.165) is 25.7 Å². The molecule has 5 rings (SSSR count). The number of nitrogens with one attached hydrogen (secondary N) is 3. The molecule has 202 valence electrons. The summed E-state index contributed by atoms with van der Waals surface area (Å²) in [7, 11) is 0. The summed E-state index contributed by atoms with van der Waals surface area (Å²) in [4.78, 5) is 40.3. The zero-order valence-corrected chi connectivity index (χ0v) is 21.6. The van der Waals surface area contributed by atoms with Gasteiger partial charge in [0.1, 0.15) is 23.7 Å². The Kier molecular flexibility index (Phi) is 8.20. The molecule has 3 atom stereocenters. The van der Waals surface area contributed by atoms with Crippen molar-refractivity contribution in [1.82, 2.24) is 10.6 Å². The van der Waals surface area contributed by atoms with Crippen LogP contribution in [0.4, 0.5) is 10.1 Å². The van der Waals surface area contributed by atoms with Crippen molar-refractivity contribution < 1.29 is 23.5 Å². The summed E-state index contributed by atoms with van der Waals surface area (Å²) < 4.78 is 20.0. The molecule has 1 fully saturated rings. The van der Waals surface area contributed by atoms with Crippen molar-refractivity contribution >= 4 is 23.4 Å². The lowest BCUT2D eigenvalue weighted by atomic mass is 9.86. The fourth-order valence-corrected chi connectivity index (χ4v) is 5.34. The second kappa shape index (κ2) is 12.1. The van der Waals surface area contributed by atoms with E-state index in [-0.39, 0.29) is 11.8 Å². The van der Waals surface area contributed by atoms with Crippen molar-refractivity contribution in [3.05, 3.63) is 95.8 Å². The van der Waals surface area contributed by atoms with Gasteiger partial charge in [0, 0.05) is 6.42 Å². The van der Waals surface area contributed by atoms with Crippen LogP contribution < -0.4 is 20.7 Å². The molecule has 0 aromatic heterocycles. The molecule has 2 aliphatic rings. The Hall–Kier alpha value is -4.20. The van der Waals surface area contributed by atoms with Gasteiger partial charge in [0.2, 0.25) is 11.8 Å². The van der Waals surface area contributed by atoms with E-state index < -0.39 is 35.8 Å². The molecule has 3 N–H and O–H groups in total. The van der Waals surface area contributed by atoms with Crippen LogP contribution in [0.25, 0.3) is 0 Å². The minimum Gasteiger partial charge on any atom is -0.481 e. The molecule has 0 radical (unpaired) electrons. The van der Waals surface area contributed by atoms with Gasteiger partial charge in [-0.3, -0.25) is 14.4 Å². The second-order valence-corrected chi connectivity index (χ2v) is 10.2. The fraction of sp³-hybridized carbons (Fsp3) is 0.323. The summed E-state index contributed by atoms with van der Waals surface area (Å²) in [6.45, 7) is 0. The summed E-state index contributed by atoms with van der Waals surface area (Å²) in [5.41, 5.74) is 1.62. The molecule has 1 heterocycles. The van der Waals surface area contributed by atoms with Gasteiger partial charge in [-0.05, 0) is 54.2 Å². The molecule has 0 saturated heterocycles. The van der Waals surface area contributed by atoms with Crippen LogP contribution in [0.1, 0.15) is 61.8 Å². The van der Waals surface area contributed by atoms with E-state index in [9.17, 15) is 18.8 Å². The number of para-hydroxylation sites is 2. The van der Waals surface area contributed by atoms with Gasteiger partial charge >= 0.3 is 0 Å². The lowest BCUT2D eigenvalue weighted by Gasteiger charge is -2.28. The number of fused-ring (bicyclic) bond motifs is 1. The SMILES string of the molecule is O=C(CC1CCCCC1)N[C@H](C(=O)N[C@@H]1C(=O)Nc2ccccc2O[C@H]1c1ccccc1)c1ccc(F)cc1. The second-order valence-electron chi connectivity index (χ2n) is 10.2. The molecule has 0 spiro atoms. The molecular weight excluding hydrogens is 497 g/mol. The molecule has 3 aromatic carbocycles. The first kappa shape index (κ1) is 26.4. The number of carbonyl (C=O) groups excluding carboxylic acids is 3. The van der Waals surface area contributed by atoms with Gasteiger partial charge in [-0.2, -0.15) is 0 Å². The number of halogens is 1. The smallest absolute Gasteiger partial charge is 0.251 e. The van der Waals surface area contributed by atoms with Gasteiger partial charge in [-0.1, -0.05) is 73.9 Å². The summed E-state index contributed by atoms with van der Waals surface area (Å²) in [5.74, 6) is -0.988. The molecule has 39 heavy (non-hydrogen) atoms. The summed E-state index contributed by atoms with van der Waals surface area (Å²) in [6.07, 6.45) is 4.83. The van der Waals surface area contributed by atoms with Gasteiger partial charge in [-0.25, -0.2) is 4.39 Å². The molecule has 7 nitrogen and oxygen atoms in total. The topological polar surface area (TPSA) is 96.5 Å². The van der Waals surface area contributed by atoms with Gasteiger partial charge in [-0.15, -0.1) is 0 Å². The van der Waals surface area contributed by atoms with Crippen LogP contribution in [0.2, 0.25) is 0 Å². The number of benzene rings is 3. The lowest BCUT2D eigenvalue weighted by Crippen LogP contribution is -2.51. The Labute approximate surface area is 227 Å². The molecule has 1 aliphatic carbocycles. The Morgan fingerprint density at radius 2 is 1.62 bits per heavy atom. The summed E-state index contributed by atoms with van der Waals surface area (Å²) in [6, 6.07) is 19.4. The first-order valence-electron chi connectivity index (χ1n) is 13.4. The highest BCUT2D eigenvalue weighted by atomic mass is 19.1. The maximum atomic E-state index is 13.8. The third kappa shape index (κ3) is 6.45. The van der Waals surface area contributed by atoms with Crippen LogP contribution in [0, 0.1) is 11.7 Å². The van der Waals surface area contributed by atoms with Gasteiger partial charge in [0.25, 0.3) is 5.91 Å². The largest absolute Gasteiger partial charge is 0.481 e. The minimum absolute atomic E-state index is 0.250. The van der Waals surface area contributed by atoms with Gasteiger partial charge < -0.3 is 20.7 Å². The third-order valence-electron chi connectivity index (χ3n) is 7.38. The first-order valence-corrected chi connectivity index (χ1v) is 13.4. The van der Waals surface area contributed by atoms with Crippen molar-refractivity contribution in [3.63, 3.8) is 0 Å². The highest BCUT2D eigenvalue weighted by Gasteiger charge is 2.38. The minimum atomic E-state index is -1.11. The Morgan fingerprint density at radius 3 is 2.36 bits per heavy atom. The average molecular weight is 530 g/mol. The maximum Gasteiger partial charge on any atom is 0.251 e. The molecule has 3 aromatic rings. The van der Waals surface area contributed by atoms with Crippen molar-refractivity contribution in [1.29, 1.82) is 0 Å². The highest BCUT2D eigenvalue weighted by molar-refractivity contribution is 6.00. The van der Waals surface area contributed by atoms with Crippen molar-refractivity contribution in [2.24, 2.45) is 5.92 Å². The number of rotatable bonds is 7. The quantitative estimate of drug-likeness (QED) is 0.392. The Bertz CT molecular complexity index is 1310. The Morgan fingerprint density at radius 1 is 0.923 bits per heavy atom. The van der Waals surface area contributed by atoms with E-state index in [0.29, 0.717) is 29.0 Å². The van der Waals surface area contributed by atoms with Crippen molar-refractivity contribution in [3.8, 4) is 5.75 Å². The van der Waals surface area contributed by atoms with Crippen molar-refractivity contribution in [2.75, 3.05) is 5.32 Å². The monoisotopic (exact) mass is 529 g/mol. The van der Waals surface area contributed by atoms with Crippen LogP contribution in [0.15, 0.2) is 78.9 Å². The molecule has 0 unspecified atom stereocenters. The zero-order chi connectivity index (χ0) is 27.2. The van der Waals surface area contributed by atoms with Gasteiger partial charge in [0.05, 0.1) is 5.69 Å². The molecular formula is C31H32FN3O4. The van der Waals surface area contributed by atoms with E-state index in [4.69, 9.17) is 4.74 Å². The zero-order valence-electron chi connectivity index (χ0n) is 21.6. The van der Waals surface area contributed by atoms with E-state index >= 15 is 0 Å². The summed E-state index contributed by atoms with van der Waals surface area (Å²) >= 11 is 0. The molecule has 3 amide bonds. The van der Waals surface area contributed by atoms with E-state index in [1.54, 1.807) is 24.3 Å². The number of hydrogen-bond acceptors (Lipinski definition) is 4. The predicted molar refractivity (Wildman–Crippen MR) is 145 cm³/mol. The predicted octanol–water partition coefficient (Wildman–Crippen LogP) is 5.21. The van der Waals surface area contributed by atoms with E-state index in [1.807, 2.05) is 30.3 Å². The van der Waals surface area contributed by atoms with Crippen LogP contribution in [-0.2, 0) is 14.4 Å². The Balaban J connectivity index is 1.41. The van der Waals surface area contributed by atoms with Crippen molar-refractivity contribution in [2.45, 2.75) is 56.7 Å². The van der Waals surface area contributed by atoms with Crippen LogP contribution in [-0.4, -0.2) is 23.8 Å². The average Bonchev–Trinajstić information content (AvgIpc) is 3.09. The van der Waals surface area contributed by atoms with Gasteiger partial charge in [0.15, 0.2) is 6.10 Å². The molecule has 1 saturated carbocycles. The van der Waals surface area contributed by atoms with Crippen LogP contribution in [0.5, 0.6) is 5.75 Å². The molecule has 8 heteroatoms. The number of anilines is 1. The summed E-state index contributed by atoms with van der Waals surface area (Å²) in [5, 5.41) is 8.52. The molecule has 0 bridgehead atoms. The normalized spacial score (nSPS) is 20.0. The fourth-order valence-electron chi connectivity index (χ4n) is 5.34. The maximum absolute atomic E-state index is 13.8. The third-order valence-corrected chi connectivity index (χ3v) is 7.38. The van der Waals surface area contributed by atoms with Crippen LogP contribution >= 0.6 is 0 Å². The first-order chi connectivity index (χ1) is 19.0. The van der Waals surface area contributed by atoms with Crippen LogP contribution in [0.3, 0.4) is 0 Å². The van der Waals surface area contributed by atoms with E-state index in [1.165, 1.54) is 30.7 Å². The lowest BCUT2D eigenvalue weighted by molar-refractivity contribution is -0.132. The molecule has 1 aliphatic heterocycles. The number of ether oxygens (including phenoxy) is 1. The standard InChI is InChI=1S/C31H32FN3O4/c32-23-17-15-21(16-18-23)27(34-26(36)19-20-9-3-1-4-10-20)30(37)35-28-29(22-11-5-2-6-12-22)39-25-14-8-7-13-24(25)33-31(28)38/h2,5-8,11-18,20,27-29H,1,3-4,9-10,19H2,(H,33,38)(H,34,36)(H,35,37)/t27-,28-,29-/m0/s1. The van der Waals surface area contributed by atoms with E-state index in [2.05, 4.69) is 16.0 Å². The number of hydrogen-bond donors (Lipinski definition) is 3.